The van der Waals surface area contributed by atoms with Crippen LogP contribution in [-0.4, -0.2) is 40.9 Å². The standard InChI is InChI=1S/C21H22N2O4/c24-19(25)14-15-10-12-23(13-11-15)21(27)17-6-8-18(9-7-17)22-20(26)16-4-2-1-3-5-16/h1-9,15H,10-14H2,(H,22,26)(H,24,25). The molecule has 0 bridgehead atoms. The molecule has 27 heavy (non-hydrogen) atoms. The fourth-order valence-corrected chi connectivity index (χ4v) is 3.26. The number of nitrogens with one attached hydrogen (secondary N) is 1. The molecule has 6 heteroatoms. The predicted octanol–water partition coefficient (Wildman–Crippen LogP) is 3.27. The van der Waals surface area contributed by atoms with Gasteiger partial charge in [0.05, 0.1) is 0 Å². The summed E-state index contributed by atoms with van der Waals surface area (Å²) in [6, 6.07) is 15.8. The van der Waals surface area contributed by atoms with E-state index in [1.54, 1.807) is 53.4 Å². The molecule has 1 aliphatic heterocycles. The highest BCUT2D eigenvalue weighted by Gasteiger charge is 2.25. The molecule has 1 heterocycles. The van der Waals surface area contributed by atoms with Gasteiger partial charge in [0, 0.05) is 36.3 Å². The minimum atomic E-state index is -0.784. The Hall–Kier alpha value is -3.15. The minimum absolute atomic E-state index is 0.0651. The number of carboxylic acids is 1. The first-order chi connectivity index (χ1) is 13.0. The van der Waals surface area contributed by atoms with Gasteiger partial charge in [-0.05, 0) is 55.2 Å². The second kappa shape index (κ2) is 8.49. The molecule has 0 aromatic heterocycles. The molecule has 0 radical (unpaired) electrons. The van der Waals surface area contributed by atoms with Crippen molar-refractivity contribution in [1.82, 2.24) is 4.90 Å². The Bertz CT molecular complexity index is 810. The lowest BCUT2D eigenvalue weighted by molar-refractivity contribution is -0.138. The first kappa shape index (κ1) is 18.6. The average Bonchev–Trinajstić information content (AvgIpc) is 2.69. The van der Waals surface area contributed by atoms with Gasteiger partial charge in [0.15, 0.2) is 0 Å². The SMILES string of the molecule is O=C(O)CC1CCN(C(=O)c2ccc(NC(=O)c3ccccc3)cc2)CC1. The Morgan fingerprint density at radius 1 is 0.926 bits per heavy atom. The van der Waals surface area contributed by atoms with E-state index in [2.05, 4.69) is 5.32 Å². The van der Waals surface area contributed by atoms with Crippen LogP contribution in [0.4, 0.5) is 5.69 Å². The number of carbonyl (C=O) groups excluding carboxylic acids is 2. The van der Waals surface area contributed by atoms with Crippen molar-refractivity contribution in [2.45, 2.75) is 19.3 Å². The fourth-order valence-electron chi connectivity index (χ4n) is 3.26. The number of rotatable bonds is 5. The lowest BCUT2D eigenvalue weighted by Crippen LogP contribution is -2.38. The van der Waals surface area contributed by atoms with Gasteiger partial charge in [-0.2, -0.15) is 0 Å². The van der Waals surface area contributed by atoms with Crippen molar-refractivity contribution in [3.63, 3.8) is 0 Å². The average molecular weight is 366 g/mol. The zero-order valence-corrected chi connectivity index (χ0v) is 14.9. The highest BCUT2D eigenvalue weighted by molar-refractivity contribution is 6.04. The smallest absolute Gasteiger partial charge is 0.303 e. The topological polar surface area (TPSA) is 86.7 Å². The van der Waals surface area contributed by atoms with Crippen molar-refractivity contribution in [1.29, 1.82) is 0 Å². The highest BCUT2D eigenvalue weighted by atomic mass is 16.4. The van der Waals surface area contributed by atoms with Crippen LogP contribution in [0.3, 0.4) is 0 Å². The van der Waals surface area contributed by atoms with Crippen LogP contribution in [0, 0.1) is 5.92 Å². The van der Waals surface area contributed by atoms with Gasteiger partial charge in [-0.15, -0.1) is 0 Å². The summed E-state index contributed by atoms with van der Waals surface area (Å²) in [5.41, 5.74) is 1.76. The van der Waals surface area contributed by atoms with E-state index in [0.29, 0.717) is 42.7 Å². The van der Waals surface area contributed by atoms with Crippen LogP contribution in [0.15, 0.2) is 54.6 Å². The molecule has 1 aliphatic rings. The number of benzene rings is 2. The number of anilines is 1. The normalized spacial score (nSPS) is 14.6. The number of nitrogens with zero attached hydrogens (tertiary/aromatic N) is 1. The molecule has 0 unspecified atom stereocenters. The van der Waals surface area contributed by atoms with E-state index in [9.17, 15) is 14.4 Å². The molecule has 6 nitrogen and oxygen atoms in total. The molecule has 140 valence electrons. The molecule has 0 atom stereocenters. The van der Waals surface area contributed by atoms with Gasteiger partial charge in [-0.1, -0.05) is 18.2 Å². The van der Waals surface area contributed by atoms with Crippen molar-refractivity contribution in [3.8, 4) is 0 Å². The second-order valence-corrected chi connectivity index (χ2v) is 6.73. The van der Waals surface area contributed by atoms with Gasteiger partial charge in [0.1, 0.15) is 0 Å². The second-order valence-electron chi connectivity index (χ2n) is 6.73. The van der Waals surface area contributed by atoms with Gasteiger partial charge >= 0.3 is 5.97 Å². The number of aliphatic carboxylic acids is 1. The molecule has 2 N–H and O–H groups in total. The fraction of sp³-hybridized carbons (Fsp3) is 0.286. The van der Waals surface area contributed by atoms with Crippen LogP contribution in [0.25, 0.3) is 0 Å². The third-order valence-corrected chi connectivity index (χ3v) is 4.79. The van der Waals surface area contributed by atoms with Gasteiger partial charge < -0.3 is 15.3 Å². The Morgan fingerprint density at radius 3 is 2.15 bits per heavy atom. The van der Waals surface area contributed by atoms with Crippen molar-refractivity contribution in [2.24, 2.45) is 5.92 Å². The molecule has 2 aromatic rings. The Labute approximate surface area is 157 Å². The quantitative estimate of drug-likeness (QED) is 0.850. The highest BCUT2D eigenvalue weighted by Crippen LogP contribution is 2.22. The van der Waals surface area contributed by atoms with E-state index in [1.807, 2.05) is 6.07 Å². The van der Waals surface area contributed by atoms with Crippen LogP contribution >= 0.6 is 0 Å². The molecular weight excluding hydrogens is 344 g/mol. The number of carbonyl (C=O) groups is 3. The van der Waals surface area contributed by atoms with Crippen LogP contribution in [0.5, 0.6) is 0 Å². The summed E-state index contributed by atoms with van der Waals surface area (Å²) in [7, 11) is 0. The van der Waals surface area contributed by atoms with Crippen molar-refractivity contribution < 1.29 is 19.5 Å². The Morgan fingerprint density at radius 2 is 1.56 bits per heavy atom. The van der Waals surface area contributed by atoms with E-state index in [4.69, 9.17) is 5.11 Å². The number of amides is 2. The van der Waals surface area contributed by atoms with Crippen LogP contribution < -0.4 is 5.32 Å². The van der Waals surface area contributed by atoms with Crippen molar-refractivity contribution in [3.05, 3.63) is 65.7 Å². The third-order valence-electron chi connectivity index (χ3n) is 4.79. The largest absolute Gasteiger partial charge is 0.481 e. The summed E-state index contributed by atoms with van der Waals surface area (Å²) in [5, 5.41) is 11.7. The molecule has 1 fully saturated rings. The zero-order chi connectivity index (χ0) is 19.2. The molecule has 0 spiro atoms. The van der Waals surface area contributed by atoms with E-state index in [-0.39, 0.29) is 24.2 Å². The van der Waals surface area contributed by atoms with Crippen LogP contribution in [0.1, 0.15) is 40.0 Å². The third kappa shape index (κ3) is 4.94. The predicted molar refractivity (Wildman–Crippen MR) is 102 cm³/mol. The number of likely N-dealkylation sites (tertiary alicyclic amines) is 1. The summed E-state index contributed by atoms with van der Waals surface area (Å²) < 4.78 is 0. The van der Waals surface area contributed by atoms with Gasteiger partial charge in [-0.3, -0.25) is 14.4 Å². The zero-order valence-electron chi connectivity index (χ0n) is 14.9. The van der Waals surface area contributed by atoms with Gasteiger partial charge in [0.2, 0.25) is 0 Å². The minimum Gasteiger partial charge on any atom is -0.481 e. The number of carboxylic acid groups (broad SMARTS) is 1. The molecule has 0 aliphatic carbocycles. The summed E-state index contributed by atoms with van der Waals surface area (Å²) in [6.07, 6.45) is 1.59. The van der Waals surface area contributed by atoms with E-state index in [1.165, 1.54) is 0 Å². The number of hydrogen-bond donors (Lipinski definition) is 2. The van der Waals surface area contributed by atoms with Gasteiger partial charge in [-0.25, -0.2) is 0 Å². The summed E-state index contributed by atoms with van der Waals surface area (Å²) >= 11 is 0. The summed E-state index contributed by atoms with van der Waals surface area (Å²) in [4.78, 5) is 37.3. The van der Waals surface area contributed by atoms with Crippen LogP contribution in [-0.2, 0) is 4.79 Å². The molecule has 2 amide bonds. The first-order valence-corrected chi connectivity index (χ1v) is 9.00. The number of hydrogen-bond acceptors (Lipinski definition) is 3. The molecular formula is C21H22N2O4. The monoisotopic (exact) mass is 366 g/mol. The van der Waals surface area contributed by atoms with E-state index < -0.39 is 5.97 Å². The number of piperidine rings is 1. The van der Waals surface area contributed by atoms with Crippen LogP contribution in [0.2, 0.25) is 0 Å². The maximum absolute atomic E-state index is 12.6. The summed E-state index contributed by atoms with van der Waals surface area (Å²) in [5.74, 6) is -0.907. The van der Waals surface area contributed by atoms with E-state index in [0.717, 1.165) is 0 Å². The molecule has 0 saturated carbocycles. The van der Waals surface area contributed by atoms with Gasteiger partial charge in [0.25, 0.3) is 11.8 Å². The first-order valence-electron chi connectivity index (χ1n) is 9.00. The maximum atomic E-state index is 12.6. The Kier molecular flexibility index (Phi) is 5.86. The molecule has 3 rings (SSSR count). The lowest BCUT2D eigenvalue weighted by Gasteiger charge is -2.31. The maximum Gasteiger partial charge on any atom is 0.303 e. The molecule has 2 aromatic carbocycles. The van der Waals surface area contributed by atoms with E-state index >= 15 is 0 Å². The van der Waals surface area contributed by atoms with Crippen molar-refractivity contribution in [2.75, 3.05) is 18.4 Å². The lowest BCUT2D eigenvalue weighted by atomic mass is 9.93. The van der Waals surface area contributed by atoms with Crippen molar-refractivity contribution >= 4 is 23.5 Å². The molecule has 1 saturated heterocycles. The Balaban J connectivity index is 1.56. The summed E-state index contributed by atoms with van der Waals surface area (Å²) in [6.45, 7) is 1.15.